The molecule has 19 heavy (non-hydrogen) atoms. The fourth-order valence-corrected chi connectivity index (χ4v) is 4.05. The molecule has 1 saturated carbocycles. The average molecular weight is 286 g/mol. The highest BCUT2D eigenvalue weighted by Crippen LogP contribution is 2.26. The summed E-state index contributed by atoms with van der Waals surface area (Å²) in [6.45, 7) is 2.13. The van der Waals surface area contributed by atoms with Gasteiger partial charge in [-0.1, -0.05) is 6.42 Å². The van der Waals surface area contributed by atoms with E-state index in [2.05, 4.69) is 4.72 Å². The predicted octanol–water partition coefficient (Wildman–Crippen LogP) is 1.54. The molecule has 1 aromatic rings. The third-order valence-corrected chi connectivity index (χ3v) is 5.06. The molecule has 2 rings (SSSR count). The van der Waals surface area contributed by atoms with Crippen LogP contribution in [0.1, 0.15) is 24.8 Å². The quantitative estimate of drug-likeness (QED) is 0.882. The highest BCUT2D eigenvalue weighted by Gasteiger charge is 2.30. The van der Waals surface area contributed by atoms with Crippen molar-refractivity contribution in [2.24, 2.45) is 11.7 Å². The predicted molar refractivity (Wildman–Crippen MR) is 71.6 cm³/mol. The summed E-state index contributed by atoms with van der Waals surface area (Å²) >= 11 is 0. The molecule has 1 aliphatic carbocycles. The fraction of sp³-hybridized carbons (Fsp3) is 0.538. The van der Waals surface area contributed by atoms with Crippen LogP contribution < -0.4 is 10.5 Å². The zero-order chi connectivity index (χ0) is 14.0. The van der Waals surface area contributed by atoms with Crippen molar-refractivity contribution in [2.45, 2.75) is 37.1 Å². The lowest BCUT2D eigenvalue weighted by molar-refractivity contribution is 0.452. The van der Waals surface area contributed by atoms with E-state index in [9.17, 15) is 12.8 Å². The van der Waals surface area contributed by atoms with Gasteiger partial charge in [0.15, 0.2) is 0 Å². The van der Waals surface area contributed by atoms with Crippen LogP contribution in [0.3, 0.4) is 0 Å². The fourth-order valence-electron chi connectivity index (χ4n) is 2.60. The first-order valence-electron chi connectivity index (χ1n) is 6.42. The molecule has 0 amide bonds. The van der Waals surface area contributed by atoms with Crippen molar-refractivity contribution in [1.82, 2.24) is 4.72 Å². The summed E-state index contributed by atoms with van der Waals surface area (Å²) in [5.41, 5.74) is 6.22. The van der Waals surface area contributed by atoms with E-state index in [0.717, 1.165) is 25.3 Å². The van der Waals surface area contributed by atoms with Crippen molar-refractivity contribution in [3.8, 4) is 0 Å². The number of rotatable bonds is 4. The first-order valence-corrected chi connectivity index (χ1v) is 7.90. The Labute approximate surface area is 113 Å². The normalized spacial score (nSPS) is 23.7. The van der Waals surface area contributed by atoms with Crippen LogP contribution in [0.4, 0.5) is 4.39 Å². The second-order valence-electron chi connectivity index (χ2n) is 5.12. The van der Waals surface area contributed by atoms with Crippen molar-refractivity contribution < 1.29 is 12.8 Å². The lowest BCUT2D eigenvalue weighted by Crippen LogP contribution is -2.39. The zero-order valence-corrected chi connectivity index (χ0v) is 11.7. The molecule has 0 heterocycles. The number of aryl methyl sites for hydroxylation is 1. The Balaban J connectivity index is 2.22. The van der Waals surface area contributed by atoms with Gasteiger partial charge >= 0.3 is 0 Å². The SMILES string of the molecule is Cc1cc(F)cc(S(=O)(=O)NC2CCCC2CN)c1. The zero-order valence-electron chi connectivity index (χ0n) is 10.9. The Morgan fingerprint density at radius 3 is 2.74 bits per heavy atom. The van der Waals surface area contributed by atoms with Gasteiger partial charge in [-0.25, -0.2) is 17.5 Å². The molecule has 1 aliphatic rings. The van der Waals surface area contributed by atoms with Gasteiger partial charge < -0.3 is 5.73 Å². The highest BCUT2D eigenvalue weighted by atomic mass is 32.2. The van der Waals surface area contributed by atoms with Gasteiger partial charge in [0.05, 0.1) is 4.90 Å². The summed E-state index contributed by atoms with van der Waals surface area (Å²) in [7, 11) is -3.68. The van der Waals surface area contributed by atoms with Crippen LogP contribution in [0.25, 0.3) is 0 Å². The summed E-state index contributed by atoms with van der Waals surface area (Å²) in [6.07, 6.45) is 2.69. The molecule has 3 N–H and O–H groups in total. The summed E-state index contributed by atoms with van der Waals surface area (Å²) < 4.78 is 40.4. The summed E-state index contributed by atoms with van der Waals surface area (Å²) in [6, 6.07) is 3.68. The van der Waals surface area contributed by atoms with E-state index >= 15 is 0 Å². The molecular weight excluding hydrogens is 267 g/mol. The highest BCUT2D eigenvalue weighted by molar-refractivity contribution is 7.89. The maximum atomic E-state index is 13.3. The average Bonchev–Trinajstić information content (AvgIpc) is 2.74. The van der Waals surface area contributed by atoms with Crippen molar-refractivity contribution in [3.05, 3.63) is 29.6 Å². The Hall–Kier alpha value is -0.980. The molecule has 0 saturated heterocycles. The lowest BCUT2D eigenvalue weighted by Gasteiger charge is -2.19. The van der Waals surface area contributed by atoms with Crippen LogP contribution in [0.5, 0.6) is 0 Å². The molecule has 4 nitrogen and oxygen atoms in total. The first kappa shape index (κ1) is 14.4. The Morgan fingerprint density at radius 2 is 2.11 bits per heavy atom. The number of hydrogen-bond acceptors (Lipinski definition) is 3. The van der Waals surface area contributed by atoms with Gasteiger partial charge in [0.25, 0.3) is 0 Å². The minimum atomic E-state index is -3.68. The second kappa shape index (κ2) is 5.56. The van der Waals surface area contributed by atoms with E-state index in [1.165, 1.54) is 12.1 Å². The van der Waals surface area contributed by atoms with Gasteiger partial charge in [-0.3, -0.25) is 0 Å². The van der Waals surface area contributed by atoms with Gasteiger partial charge in [-0.15, -0.1) is 0 Å². The van der Waals surface area contributed by atoms with Crippen LogP contribution in [0, 0.1) is 18.7 Å². The minimum absolute atomic E-state index is 0.0207. The van der Waals surface area contributed by atoms with E-state index in [1.54, 1.807) is 6.92 Å². The van der Waals surface area contributed by atoms with Gasteiger partial charge in [0.2, 0.25) is 10.0 Å². The molecular formula is C13H19FN2O2S. The van der Waals surface area contributed by atoms with Crippen LogP contribution >= 0.6 is 0 Å². The number of nitrogens with one attached hydrogen (secondary N) is 1. The Morgan fingerprint density at radius 1 is 1.37 bits per heavy atom. The van der Waals surface area contributed by atoms with Gasteiger partial charge in [0, 0.05) is 6.04 Å². The first-order chi connectivity index (χ1) is 8.92. The van der Waals surface area contributed by atoms with Crippen LogP contribution in [0.15, 0.2) is 23.1 Å². The summed E-state index contributed by atoms with van der Waals surface area (Å²) in [5.74, 6) is -0.369. The van der Waals surface area contributed by atoms with Crippen molar-refractivity contribution in [2.75, 3.05) is 6.54 Å². The number of nitrogens with two attached hydrogens (primary N) is 1. The maximum absolute atomic E-state index is 13.3. The van der Waals surface area contributed by atoms with Gasteiger partial charge in [-0.2, -0.15) is 0 Å². The van der Waals surface area contributed by atoms with Crippen LogP contribution in [-0.2, 0) is 10.0 Å². The van der Waals surface area contributed by atoms with Crippen molar-refractivity contribution in [1.29, 1.82) is 0 Å². The number of hydrogen-bond donors (Lipinski definition) is 2. The topological polar surface area (TPSA) is 72.2 Å². The monoisotopic (exact) mass is 286 g/mol. The molecule has 0 radical (unpaired) electrons. The molecule has 1 fully saturated rings. The molecule has 0 aromatic heterocycles. The second-order valence-corrected chi connectivity index (χ2v) is 6.83. The van der Waals surface area contributed by atoms with E-state index in [0.29, 0.717) is 12.1 Å². The van der Waals surface area contributed by atoms with E-state index in [-0.39, 0.29) is 16.9 Å². The van der Waals surface area contributed by atoms with E-state index < -0.39 is 15.8 Å². The molecule has 2 unspecified atom stereocenters. The molecule has 2 atom stereocenters. The molecule has 106 valence electrons. The van der Waals surface area contributed by atoms with E-state index in [4.69, 9.17) is 5.73 Å². The van der Waals surface area contributed by atoms with Crippen molar-refractivity contribution in [3.63, 3.8) is 0 Å². The number of benzene rings is 1. The third kappa shape index (κ3) is 3.32. The molecule has 6 heteroatoms. The van der Waals surface area contributed by atoms with Crippen molar-refractivity contribution >= 4 is 10.0 Å². The van der Waals surface area contributed by atoms with Crippen LogP contribution in [0.2, 0.25) is 0 Å². The summed E-state index contributed by atoms with van der Waals surface area (Å²) in [4.78, 5) is -0.0207. The van der Waals surface area contributed by atoms with Gasteiger partial charge in [-0.05, 0) is 56.0 Å². The Bertz CT molecular complexity index is 540. The van der Waals surface area contributed by atoms with Gasteiger partial charge in [0.1, 0.15) is 5.82 Å². The molecule has 0 bridgehead atoms. The number of halogens is 1. The standard InChI is InChI=1S/C13H19FN2O2S/c1-9-5-11(14)7-12(6-9)19(17,18)16-13-4-2-3-10(13)8-15/h5-7,10,13,16H,2-4,8,15H2,1H3. The van der Waals surface area contributed by atoms with Crippen LogP contribution in [-0.4, -0.2) is 21.0 Å². The number of sulfonamides is 1. The Kier molecular flexibility index (Phi) is 4.23. The third-order valence-electron chi connectivity index (χ3n) is 3.59. The molecule has 0 aliphatic heterocycles. The molecule has 1 aromatic carbocycles. The largest absolute Gasteiger partial charge is 0.330 e. The van der Waals surface area contributed by atoms with E-state index in [1.807, 2.05) is 0 Å². The minimum Gasteiger partial charge on any atom is -0.330 e. The lowest BCUT2D eigenvalue weighted by atomic mass is 10.1. The maximum Gasteiger partial charge on any atom is 0.240 e. The summed E-state index contributed by atoms with van der Waals surface area (Å²) in [5, 5.41) is 0. The molecule has 0 spiro atoms. The smallest absolute Gasteiger partial charge is 0.240 e.